The molecule has 1 aromatic heterocycles. The van der Waals surface area contributed by atoms with Crippen molar-refractivity contribution >= 4 is 40.2 Å². The number of hydrogen-bond donors (Lipinski definition) is 1. The Morgan fingerprint density at radius 1 is 1.05 bits per heavy atom. The third-order valence-corrected chi connectivity index (χ3v) is 3.40. The Balaban J connectivity index is 2.35. The quantitative estimate of drug-likeness (QED) is 0.732. The number of aromatic nitrogens is 2. The number of fused-ring (bicyclic) bond motifs is 1. The van der Waals surface area contributed by atoms with Crippen LogP contribution in [-0.2, 0) is 0 Å². The average molecular weight is 314 g/mol. The topological polar surface area (TPSA) is 43.8 Å². The van der Waals surface area contributed by atoms with E-state index in [4.69, 9.17) is 28.9 Å². The maximum absolute atomic E-state index is 14.0. The van der Waals surface area contributed by atoms with Crippen LogP contribution in [-0.4, -0.2) is 9.55 Å². The van der Waals surface area contributed by atoms with Crippen LogP contribution in [0.15, 0.2) is 30.3 Å². The van der Waals surface area contributed by atoms with Crippen molar-refractivity contribution in [1.82, 2.24) is 9.55 Å². The van der Waals surface area contributed by atoms with Gasteiger partial charge in [-0.3, -0.25) is 4.57 Å². The van der Waals surface area contributed by atoms with Gasteiger partial charge >= 0.3 is 0 Å². The molecule has 3 nitrogen and oxygen atoms in total. The fourth-order valence-electron chi connectivity index (χ4n) is 2.01. The second kappa shape index (κ2) is 4.61. The molecule has 0 bridgehead atoms. The highest BCUT2D eigenvalue weighted by Gasteiger charge is 2.16. The lowest BCUT2D eigenvalue weighted by Crippen LogP contribution is -2.03. The van der Waals surface area contributed by atoms with Crippen molar-refractivity contribution in [3.05, 3.63) is 52.0 Å². The van der Waals surface area contributed by atoms with Crippen molar-refractivity contribution in [2.75, 3.05) is 5.73 Å². The lowest BCUT2D eigenvalue weighted by Gasteiger charge is -2.08. The summed E-state index contributed by atoms with van der Waals surface area (Å²) >= 11 is 11.4. The summed E-state index contributed by atoms with van der Waals surface area (Å²) in [5.41, 5.74) is 6.62. The Morgan fingerprint density at radius 2 is 1.80 bits per heavy atom. The van der Waals surface area contributed by atoms with Gasteiger partial charge in [0, 0.05) is 11.1 Å². The molecule has 0 amide bonds. The van der Waals surface area contributed by atoms with E-state index in [1.165, 1.54) is 22.8 Å². The number of anilines is 1. The minimum atomic E-state index is -0.630. The molecule has 3 aromatic rings. The fraction of sp³-hybridized carbons (Fsp3) is 0. The van der Waals surface area contributed by atoms with Crippen LogP contribution < -0.4 is 5.73 Å². The Morgan fingerprint density at radius 3 is 2.50 bits per heavy atom. The molecule has 1 heterocycles. The van der Waals surface area contributed by atoms with Gasteiger partial charge in [-0.1, -0.05) is 23.2 Å². The van der Waals surface area contributed by atoms with Gasteiger partial charge in [0.15, 0.2) is 0 Å². The van der Waals surface area contributed by atoms with Gasteiger partial charge < -0.3 is 5.73 Å². The van der Waals surface area contributed by atoms with Crippen LogP contribution >= 0.6 is 23.2 Å². The molecular formula is C13H7Cl2F2N3. The molecule has 0 radical (unpaired) electrons. The Bertz CT molecular complexity index is 830. The predicted octanol–water partition coefficient (Wildman–Crippen LogP) is 4.19. The first-order valence-corrected chi connectivity index (χ1v) is 6.31. The molecule has 0 spiro atoms. The standard InChI is InChI=1S/C13H7Cl2F2N3/c14-6-1-2-11(9(17)3-6)20-12-5-8(16)7(15)4-10(12)19-13(20)18/h1-5H,(H2,18,19). The summed E-state index contributed by atoms with van der Waals surface area (Å²) in [6, 6.07) is 6.61. The zero-order valence-corrected chi connectivity index (χ0v) is 11.4. The molecular weight excluding hydrogens is 307 g/mol. The van der Waals surface area contributed by atoms with Gasteiger partial charge in [-0.2, -0.15) is 0 Å². The van der Waals surface area contributed by atoms with Gasteiger partial charge in [0.2, 0.25) is 5.95 Å². The van der Waals surface area contributed by atoms with E-state index in [0.29, 0.717) is 11.0 Å². The monoisotopic (exact) mass is 313 g/mol. The minimum Gasteiger partial charge on any atom is -0.369 e. The molecule has 3 rings (SSSR count). The van der Waals surface area contributed by atoms with Gasteiger partial charge in [-0.05, 0) is 24.3 Å². The van der Waals surface area contributed by atoms with Crippen molar-refractivity contribution in [2.45, 2.75) is 0 Å². The molecule has 0 unspecified atom stereocenters. The number of benzene rings is 2. The molecule has 2 N–H and O–H groups in total. The molecule has 102 valence electrons. The molecule has 0 aliphatic heterocycles. The first-order chi connectivity index (χ1) is 9.47. The zero-order valence-electron chi connectivity index (χ0n) is 9.87. The molecule has 0 aliphatic carbocycles. The first kappa shape index (κ1) is 13.1. The zero-order chi connectivity index (χ0) is 14.4. The largest absolute Gasteiger partial charge is 0.369 e. The van der Waals surface area contributed by atoms with Crippen molar-refractivity contribution in [2.24, 2.45) is 0 Å². The number of nitrogens with zero attached hydrogens (tertiary/aromatic N) is 2. The minimum absolute atomic E-state index is 0.0305. The Hall–Kier alpha value is -1.85. The number of rotatable bonds is 1. The predicted molar refractivity (Wildman–Crippen MR) is 75.4 cm³/mol. The normalized spacial score (nSPS) is 11.2. The summed E-state index contributed by atoms with van der Waals surface area (Å²) in [6.45, 7) is 0. The number of nitrogen functional groups attached to an aromatic ring is 1. The molecule has 0 fully saturated rings. The van der Waals surface area contributed by atoms with Crippen LogP contribution in [0.3, 0.4) is 0 Å². The first-order valence-electron chi connectivity index (χ1n) is 5.56. The number of imidazole rings is 1. The van der Waals surface area contributed by atoms with E-state index in [9.17, 15) is 8.78 Å². The maximum Gasteiger partial charge on any atom is 0.206 e. The van der Waals surface area contributed by atoms with Crippen LogP contribution in [0.2, 0.25) is 10.0 Å². The van der Waals surface area contributed by atoms with Gasteiger partial charge in [0.1, 0.15) is 11.6 Å². The molecule has 2 aromatic carbocycles. The van der Waals surface area contributed by atoms with E-state index in [-0.39, 0.29) is 21.7 Å². The fourth-order valence-corrected chi connectivity index (χ4v) is 2.32. The highest BCUT2D eigenvalue weighted by Crippen LogP contribution is 2.29. The van der Waals surface area contributed by atoms with Crippen LogP contribution in [0, 0.1) is 11.6 Å². The molecule has 0 atom stereocenters. The summed E-state index contributed by atoms with van der Waals surface area (Å²) in [4.78, 5) is 4.04. The molecule has 0 saturated heterocycles. The molecule has 20 heavy (non-hydrogen) atoms. The van der Waals surface area contributed by atoms with Gasteiger partial charge in [0.25, 0.3) is 0 Å². The molecule has 0 aliphatic rings. The van der Waals surface area contributed by atoms with Crippen LogP contribution in [0.1, 0.15) is 0 Å². The maximum atomic E-state index is 14.0. The van der Waals surface area contributed by atoms with E-state index in [1.54, 1.807) is 0 Å². The third kappa shape index (κ3) is 1.99. The summed E-state index contributed by atoms with van der Waals surface area (Å²) in [5.74, 6) is -1.18. The lowest BCUT2D eigenvalue weighted by atomic mass is 10.2. The Kier molecular flexibility index (Phi) is 3.03. The van der Waals surface area contributed by atoms with E-state index in [1.807, 2.05) is 0 Å². The van der Waals surface area contributed by atoms with Gasteiger partial charge in [0.05, 0.1) is 21.7 Å². The second-order valence-electron chi connectivity index (χ2n) is 4.16. The van der Waals surface area contributed by atoms with Crippen LogP contribution in [0.25, 0.3) is 16.7 Å². The third-order valence-electron chi connectivity index (χ3n) is 2.87. The van der Waals surface area contributed by atoms with Gasteiger partial charge in [-0.15, -0.1) is 0 Å². The van der Waals surface area contributed by atoms with Crippen molar-refractivity contribution in [3.8, 4) is 5.69 Å². The van der Waals surface area contributed by atoms with Crippen molar-refractivity contribution < 1.29 is 8.78 Å². The van der Waals surface area contributed by atoms with Crippen molar-refractivity contribution in [3.63, 3.8) is 0 Å². The molecule has 0 saturated carbocycles. The van der Waals surface area contributed by atoms with E-state index >= 15 is 0 Å². The smallest absolute Gasteiger partial charge is 0.206 e. The van der Waals surface area contributed by atoms with Crippen LogP contribution in [0.4, 0.5) is 14.7 Å². The van der Waals surface area contributed by atoms with E-state index in [2.05, 4.69) is 4.98 Å². The summed E-state index contributed by atoms with van der Waals surface area (Å²) in [6.07, 6.45) is 0. The number of nitrogens with two attached hydrogens (primary N) is 1. The summed E-state index contributed by atoms with van der Waals surface area (Å²) in [5, 5.41) is 0.183. The number of hydrogen-bond acceptors (Lipinski definition) is 2. The van der Waals surface area contributed by atoms with E-state index < -0.39 is 11.6 Å². The lowest BCUT2D eigenvalue weighted by molar-refractivity contribution is 0.618. The second-order valence-corrected chi connectivity index (χ2v) is 5.00. The molecule has 7 heteroatoms. The SMILES string of the molecule is Nc1nc2cc(Cl)c(F)cc2n1-c1ccc(Cl)cc1F. The average Bonchev–Trinajstić information content (AvgIpc) is 2.66. The highest BCUT2D eigenvalue weighted by atomic mass is 35.5. The highest BCUT2D eigenvalue weighted by molar-refractivity contribution is 6.31. The summed E-state index contributed by atoms with van der Waals surface area (Å²) in [7, 11) is 0. The van der Waals surface area contributed by atoms with E-state index in [0.717, 1.165) is 12.1 Å². The Labute approximate surface area is 122 Å². The van der Waals surface area contributed by atoms with Crippen LogP contribution in [0.5, 0.6) is 0 Å². The summed E-state index contributed by atoms with van der Waals surface area (Å²) < 4.78 is 28.9. The van der Waals surface area contributed by atoms with Gasteiger partial charge in [-0.25, -0.2) is 13.8 Å². The number of halogens is 4. The van der Waals surface area contributed by atoms with Crippen molar-refractivity contribution in [1.29, 1.82) is 0 Å².